The van der Waals surface area contributed by atoms with Gasteiger partial charge in [-0.2, -0.15) is 0 Å². The van der Waals surface area contributed by atoms with E-state index in [1.807, 2.05) is 6.82 Å². The average Bonchev–Trinajstić information content (AvgIpc) is 1.38. The van der Waals surface area contributed by atoms with Gasteiger partial charge in [-0.05, 0) is 0 Å². The molecule has 0 spiro atoms. The third-order valence-electron chi connectivity index (χ3n) is 0.285. The predicted molar refractivity (Wildman–Crippen MR) is 28.4 cm³/mol. The van der Waals surface area contributed by atoms with Gasteiger partial charge in [0.15, 0.2) is 7.28 Å². The summed E-state index contributed by atoms with van der Waals surface area (Å²) in [5, 5.41) is 0. The number of hydrogen-bond acceptors (Lipinski definition) is 1. The first-order valence-corrected chi connectivity index (χ1v) is 1.77. The van der Waals surface area contributed by atoms with Crippen LogP contribution in [0.5, 0.6) is 0 Å². The molecule has 0 aromatic carbocycles. The minimum atomic E-state index is 0.463. The molecular formula is C2H5BNS. The summed E-state index contributed by atoms with van der Waals surface area (Å²) in [6.07, 6.45) is 0. The van der Waals surface area contributed by atoms with Gasteiger partial charge >= 0.3 is 0 Å². The van der Waals surface area contributed by atoms with Crippen LogP contribution in [0.25, 0.3) is 0 Å². The maximum absolute atomic E-state index is 4.97. The maximum Gasteiger partial charge on any atom is 0.186 e. The van der Waals surface area contributed by atoms with Gasteiger partial charge in [0, 0.05) is 4.89 Å². The minimum Gasteiger partial charge on any atom is -0.402 e. The Kier molecular flexibility index (Phi) is 2.19. The summed E-state index contributed by atoms with van der Waals surface area (Å²) in [5.74, 6) is 0. The molecule has 0 aliphatic carbocycles. The van der Waals surface area contributed by atoms with Gasteiger partial charge in [-0.25, -0.2) is 0 Å². The quantitative estimate of drug-likeness (QED) is 0.358. The lowest BCUT2D eigenvalue weighted by molar-refractivity contribution is 1.89. The average molecular weight is 85.9 g/mol. The Balaban J connectivity index is 2.85. The van der Waals surface area contributed by atoms with Gasteiger partial charge in [-0.1, -0.05) is 19.0 Å². The third kappa shape index (κ3) is 3.95. The number of rotatable bonds is 1. The second-order valence-electron chi connectivity index (χ2n) is 0.691. The Bertz CT molecular complexity index is 44.9. The van der Waals surface area contributed by atoms with Gasteiger partial charge in [0.05, 0.1) is 0 Å². The van der Waals surface area contributed by atoms with Crippen LogP contribution in [0.4, 0.5) is 0 Å². The Morgan fingerprint density at radius 3 is 2.20 bits per heavy atom. The summed E-state index contributed by atoms with van der Waals surface area (Å²) >= 11 is 4.42. The van der Waals surface area contributed by atoms with Crippen LogP contribution < -0.4 is 5.73 Å². The molecule has 27 valence electrons. The molecule has 1 nitrogen and oxygen atoms in total. The van der Waals surface area contributed by atoms with Crippen LogP contribution in [-0.4, -0.2) is 12.2 Å². The van der Waals surface area contributed by atoms with Crippen molar-refractivity contribution in [2.45, 2.75) is 6.82 Å². The molecule has 0 saturated heterocycles. The van der Waals surface area contributed by atoms with E-state index in [1.54, 1.807) is 7.28 Å². The second-order valence-corrected chi connectivity index (χ2v) is 1.16. The fourth-order valence-electron chi connectivity index (χ4n) is 0. The standard InChI is InChI=1S/C2H5BNS/c1-3-2(4)5/h1H3,(H2,4,5). The highest BCUT2D eigenvalue weighted by Crippen LogP contribution is 1.54. The predicted octanol–water partition coefficient (Wildman–Crippen LogP) is -0.0177. The molecule has 0 aromatic heterocycles. The van der Waals surface area contributed by atoms with E-state index in [0.29, 0.717) is 4.89 Å². The maximum atomic E-state index is 4.97. The van der Waals surface area contributed by atoms with E-state index in [2.05, 4.69) is 12.2 Å². The summed E-state index contributed by atoms with van der Waals surface area (Å²) in [6.45, 7) is 1.81. The van der Waals surface area contributed by atoms with Crippen molar-refractivity contribution in [3.05, 3.63) is 0 Å². The summed E-state index contributed by atoms with van der Waals surface area (Å²) < 4.78 is 0. The molecule has 3 heteroatoms. The first-order chi connectivity index (χ1) is 2.27. The van der Waals surface area contributed by atoms with E-state index in [4.69, 9.17) is 5.73 Å². The van der Waals surface area contributed by atoms with Crippen LogP contribution in [0.3, 0.4) is 0 Å². The molecule has 0 amide bonds. The van der Waals surface area contributed by atoms with E-state index >= 15 is 0 Å². The van der Waals surface area contributed by atoms with E-state index < -0.39 is 0 Å². The van der Waals surface area contributed by atoms with E-state index in [0.717, 1.165) is 0 Å². The van der Waals surface area contributed by atoms with E-state index in [1.165, 1.54) is 0 Å². The minimum absolute atomic E-state index is 0.463. The Morgan fingerprint density at radius 1 is 2.00 bits per heavy atom. The summed E-state index contributed by atoms with van der Waals surface area (Å²) in [7, 11) is 1.68. The molecule has 1 radical (unpaired) electrons. The Hall–Kier alpha value is -0.0451. The molecule has 0 aliphatic heterocycles. The third-order valence-corrected chi connectivity index (χ3v) is 0.520. The van der Waals surface area contributed by atoms with Crippen LogP contribution in [0.2, 0.25) is 6.82 Å². The normalized spacial score (nSPS) is 6.60. The molecule has 0 fully saturated rings. The lowest BCUT2D eigenvalue weighted by Gasteiger charge is -1.76. The van der Waals surface area contributed by atoms with Crippen molar-refractivity contribution in [3.63, 3.8) is 0 Å². The molecule has 5 heavy (non-hydrogen) atoms. The SMILES string of the molecule is C[B]C(N)=S. The van der Waals surface area contributed by atoms with Crippen molar-refractivity contribution >= 4 is 24.4 Å². The molecule has 0 aliphatic rings. The molecule has 0 atom stereocenters. The van der Waals surface area contributed by atoms with Crippen molar-refractivity contribution < 1.29 is 0 Å². The highest BCUT2D eigenvalue weighted by atomic mass is 32.1. The molecule has 0 aromatic rings. The highest BCUT2D eigenvalue weighted by molar-refractivity contribution is 7.83. The van der Waals surface area contributed by atoms with Crippen molar-refractivity contribution in [3.8, 4) is 0 Å². The van der Waals surface area contributed by atoms with Crippen LogP contribution in [0.1, 0.15) is 0 Å². The smallest absolute Gasteiger partial charge is 0.186 e. The summed E-state index contributed by atoms with van der Waals surface area (Å²) in [6, 6.07) is 0. The molecule has 2 N–H and O–H groups in total. The molecule has 0 unspecified atom stereocenters. The summed E-state index contributed by atoms with van der Waals surface area (Å²) in [5.41, 5.74) is 4.97. The van der Waals surface area contributed by atoms with Gasteiger partial charge in [-0.3, -0.25) is 0 Å². The highest BCUT2D eigenvalue weighted by Gasteiger charge is 1.75. The largest absolute Gasteiger partial charge is 0.402 e. The second kappa shape index (κ2) is 2.21. The Morgan fingerprint density at radius 2 is 2.20 bits per heavy atom. The lowest BCUT2D eigenvalue weighted by Crippen LogP contribution is -2.12. The van der Waals surface area contributed by atoms with Gasteiger partial charge in [0.25, 0.3) is 0 Å². The topological polar surface area (TPSA) is 26.0 Å². The van der Waals surface area contributed by atoms with Crippen LogP contribution >= 0.6 is 12.2 Å². The lowest BCUT2D eigenvalue weighted by atomic mass is 9.83. The zero-order chi connectivity index (χ0) is 4.28. The van der Waals surface area contributed by atoms with Crippen molar-refractivity contribution in [2.24, 2.45) is 5.73 Å². The first kappa shape index (κ1) is 4.95. The molecule has 0 saturated carbocycles. The number of thiocarbonyl (C=S) groups is 1. The first-order valence-electron chi connectivity index (χ1n) is 1.36. The van der Waals surface area contributed by atoms with Crippen molar-refractivity contribution in [2.75, 3.05) is 0 Å². The zero-order valence-corrected chi connectivity index (χ0v) is 3.88. The van der Waals surface area contributed by atoms with Crippen molar-refractivity contribution in [1.82, 2.24) is 0 Å². The van der Waals surface area contributed by atoms with Crippen LogP contribution in [0.15, 0.2) is 0 Å². The fraction of sp³-hybridized carbons (Fsp3) is 0.500. The van der Waals surface area contributed by atoms with E-state index in [-0.39, 0.29) is 0 Å². The number of hydrogen-bond donors (Lipinski definition) is 1. The number of nitrogens with two attached hydrogens (primary N) is 1. The van der Waals surface area contributed by atoms with E-state index in [9.17, 15) is 0 Å². The zero-order valence-electron chi connectivity index (χ0n) is 3.06. The monoisotopic (exact) mass is 86.0 g/mol. The molecule has 0 rings (SSSR count). The Labute approximate surface area is 37.8 Å². The van der Waals surface area contributed by atoms with Gasteiger partial charge in [0.1, 0.15) is 0 Å². The van der Waals surface area contributed by atoms with Crippen molar-refractivity contribution in [1.29, 1.82) is 0 Å². The van der Waals surface area contributed by atoms with Gasteiger partial charge in [-0.15, -0.1) is 0 Å². The van der Waals surface area contributed by atoms with Gasteiger partial charge < -0.3 is 5.73 Å². The molecule has 0 bridgehead atoms. The molecule has 0 heterocycles. The van der Waals surface area contributed by atoms with Gasteiger partial charge in [0.2, 0.25) is 0 Å². The van der Waals surface area contributed by atoms with Crippen LogP contribution in [0, 0.1) is 0 Å². The van der Waals surface area contributed by atoms with Crippen LogP contribution in [-0.2, 0) is 0 Å². The summed E-state index contributed by atoms with van der Waals surface area (Å²) in [4.78, 5) is 0.463. The fourth-order valence-corrected chi connectivity index (χ4v) is 0. The molecular weight excluding hydrogens is 80.9 g/mol.